The largest absolute Gasteiger partial charge is 0.367 e. The summed E-state index contributed by atoms with van der Waals surface area (Å²) in [6.45, 7) is 8.19. The number of anilines is 2. The van der Waals surface area contributed by atoms with Crippen molar-refractivity contribution in [2.45, 2.75) is 26.9 Å². The van der Waals surface area contributed by atoms with E-state index in [1.165, 1.54) is 44.8 Å². The van der Waals surface area contributed by atoms with Crippen LogP contribution in [0.2, 0.25) is 0 Å². The van der Waals surface area contributed by atoms with E-state index >= 15 is 0 Å². The van der Waals surface area contributed by atoms with Gasteiger partial charge in [-0.25, -0.2) is 0 Å². The van der Waals surface area contributed by atoms with Gasteiger partial charge in [0, 0.05) is 48.7 Å². The Labute approximate surface area is 191 Å². The monoisotopic (exact) mass is 418 g/mol. The van der Waals surface area contributed by atoms with Gasteiger partial charge in [0.2, 0.25) is 0 Å². The first-order valence-corrected chi connectivity index (χ1v) is 11.6. The summed E-state index contributed by atoms with van der Waals surface area (Å²) in [5, 5.41) is 0. The number of hydrogen-bond acceptors (Lipinski definition) is 2. The molecule has 1 aliphatic heterocycles. The lowest BCUT2D eigenvalue weighted by atomic mass is 9.97. The van der Waals surface area contributed by atoms with Crippen molar-refractivity contribution in [3.05, 3.63) is 108 Å². The molecule has 4 bridgehead atoms. The van der Waals surface area contributed by atoms with Gasteiger partial charge in [0.05, 0.1) is 0 Å². The van der Waals surface area contributed by atoms with E-state index in [-0.39, 0.29) is 0 Å². The van der Waals surface area contributed by atoms with Gasteiger partial charge in [0.25, 0.3) is 0 Å². The lowest BCUT2D eigenvalue weighted by molar-refractivity contribution is 0.829. The van der Waals surface area contributed by atoms with Gasteiger partial charge in [0.1, 0.15) is 0 Å². The molecule has 4 aromatic rings. The third-order valence-corrected chi connectivity index (χ3v) is 6.48. The van der Waals surface area contributed by atoms with E-state index in [1.54, 1.807) is 0 Å². The first-order chi connectivity index (χ1) is 15.8. The molecule has 4 aromatic carbocycles. The summed E-state index contributed by atoms with van der Waals surface area (Å²) in [5.74, 6) is 0. The maximum atomic E-state index is 2.48. The van der Waals surface area contributed by atoms with Crippen LogP contribution in [0.25, 0.3) is 22.3 Å². The molecular formula is C30H30N2. The summed E-state index contributed by atoms with van der Waals surface area (Å²) >= 11 is 0. The zero-order chi connectivity index (χ0) is 21.9. The van der Waals surface area contributed by atoms with Crippen molar-refractivity contribution in [1.29, 1.82) is 0 Å². The molecule has 0 aliphatic carbocycles. The Morgan fingerprint density at radius 2 is 0.969 bits per heavy atom. The fraction of sp³-hybridized carbons (Fsp3) is 0.200. The van der Waals surface area contributed by atoms with Crippen LogP contribution in [0.1, 0.15) is 25.0 Å². The van der Waals surface area contributed by atoms with Crippen LogP contribution in [0, 0.1) is 0 Å². The molecule has 0 fully saturated rings. The zero-order valence-corrected chi connectivity index (χ0v) is 19.0. The Hall–Kier alpha value is -3.52. The molecule has 2 heteroatoms. The van der Waals surface area contributed by atoms with Gasteiger partial charge in [-0.1, -0.05) is 72.8 Å². The number of fused-ring (bicyclic) bond motifs is 8. The van der Waals surface area contributed by atoms with Gasteiger partial charge in [-0.2, -0.15) is 0 Å². The van der Waals surface area contributed by atoms with E-state index in [1.807, 2.05) is 0 Å². The lowest BCUT2D eigenvalue weighted by Gasteiger charge is -2.29. The number of hydrogen-bond donors (Lipinski definition) is 0. The maximum absolute atomic E-state index is 2.48. The highest BCUT2D eigenvalue weighted by molar-refractivity contribution is 5.81. The van der Waals surface area contributed by atoms with E-state index in [0.717, 1.165) is 26.2 Å². The number of para-hydroxylation sites is 2. The van der Waals surface area contributed by atoms with Crippen LogP contribution >= 0.6 is 0 Å². The van der Waals surface area contributed by atoms with Crippen molar-refractivity contribution in [3.63, 3.8) is 0 Å². The molecule has 0 atom stereocenters. The van der Waals surface area contributed by atoms with Crippen molar-refractivity contribution in [2.75, 3.05) is 22.9 Å². The van der Waals surface area contributed by atoms with Crippen LogP contribution in [0.3, 0.4) is 0 Å². The molecule has 5 rings (SSSR count). The molecule has 0 aromatic heterocycles. The molecule has 0 saturated heterocycles. The fourth-order valence-corrected chi connectivity index (χ4v) is 4.84. The third-order valence-electron chi connectivity index (χ3n) is 6.48. The molecule has 0 amide bonds. The predicted molar refractivity (Wildman–Crippen MR) is 137 cm³/mol. The SMILES string of the molecule is CCN1Cc2cccc(c2)-c2ccccc2N(CC)Cc2cccc(c2)-c2ccccc21. The average molecular weight is 419 g/mol. The second kappa shape index (κ2) is 8.92. The van der Waals surface area contributed by atoms with Crippen molar-refractivity contribution in [2.24, 2.45) is 0 Å². The molecule has 0 saturated carbocycles. The Kier molecular flexibility index (Phi) is 5.68. The summed E-state index contributed by atoms with van der Waals surface area (Å²) in [7, 11) is 0. The normalized spacial score (nSPS) is 13.2. The van der Waals surface area contributed by atoms with Crippen LogP contribution in [-0.2, 0) is 13.1 Å². The topological polar surface area (TPSA) is 6.48 Å². The number of nitrogens with zero attached hydrogens (tertiary/aromatic N) is 2. The van der Waals surface area contributed by atoms with E-state index in [0.29, 0.717) is 0 Å². The first-order valence-electron chi connectivity index (χ1n) is 11.6. The van der Waals surface area contributed by atoms with Gasteiger partial charge < -0.3 is 9.80 Å². The van der Waals surface area contributed by atoms with Crippen LogP contribution in [0.4, 0.5) is 11.4 Å². The molecular weight excluding hydrogens is 388 g/mol. The van der Waals surface area contributed by atoms with Crippen LogP contribution in [0.15, 0.2) is 97.1 Å². The van der Waals surface area contributed by atoms with Crippen molar-refractivity contribution in [1.82, 2.24) is 0 Å². The standard InChI is InChI=1S/C30H30N2/c1-3-31-21-23-11-9-14-26(19-23)28-16-6-8-18-30(28)32(4-2)22-24-12-10-13-25(20-24)27-15-5-7-17-29(27)31/h5-20H,3-4,21-22H2,1-2H3. The summed E-state index contributed by atoms with van der Waals surface area (Å²) in [4.78, 5) is 4.97. The Balaban J connectivity index is 1.73. The molecule has 0 radical (unpaired) electrons. The van der Waals surface area contributed by atoms with Gasteiger partial charge in [-0.05, 0) is 60.4 Å². The fourth-order valence-electron chi connectivity index (χ4n) is 4.84. The Morgan fingerprint density at radius 1 is 0.531 bits per heavy atom. The predicted octanol–water partition coefficient (Wildman–Crippen LogP) is 7.39. The van der Waals surface area contributed by atoms with E-state index < -0.39 is 0 Å². The summed E-state index contributed by atoms with van der Waals surface area (Å²) in [6, 6.07) is 35.8. The van der Waals surface area contributed by atoms with E-state index in [2.05, 4.69) is 121 Å². The highest BCUT2D eigenvalue weighted by Crippen LogP contribution is 2.36. The molecule has 0 N–H and O–H groups in total. The van der Waals surface area contributed by atoms with E-state index in [9.17, 15) is 0 Å². The minimum absolute atomic E-state index is 0.890. The Morgan fingerprint density at radius 3 is 1.41 bits per heavy atom. The maximum Gasteiger partial charge on any atom is 0.0448 e. The second-order valence-electron chi connectivity index (χ2n) is 8.46. The number of rotatable bonds is 2. The highest BCUT2D eigenvalue weighted by atomic mass is 15.1. The molecule has 0 unspecified atom stereocenters. The summed E-state index contributed by atoms with van der Waals surface area (Å²) in [5.41, 5.74) is 10.4. The third kappa shape index (κ3) is 3.89. The van der Waals surface area contributed by atoms with Crippen molar-refractivity contribution in [3.8, 4) is 22.3 Å². The van der Waals surface area contributed by atoms with Crippen LogP contribution < -0.4 is 9.80 Å². The smallest absolute Gasteiger partial charge is 0.0448 e. The molecule has 2 nitrogen and oxygen atoms in total. The Bertz CT molecular complexity index is 1130. The highest BCUT2D eigenvalue weighted by Gasteiger charge is 2.16. The number of benzene rings is 4. The van der Waals surface area contributed by atoms with Crippen molar-refractivity contribution < 1.29 is 0 Å². The molecule has 32 heavy (non-hydrogen) atoms. The molecule has 160 valence electrons. The second-order valence-corrected chi connectivity index (χ2v) is 8.46. The lowest BCUT2D eigenvalue weighted by Crippen LogP contribution is -2.23. The van der Waals surface area contributed by atoms with Gasteiger partial charge in [-0.3, -0.25) is 0 Å². The van der Waals surface area contributed by atoms with Gasteiger partial charge in [-0.15, -0.1) is 0 Å². The molecule has 1 heterocycles. The minimum Gasteiger partial charge on any atom is -0.367 e. The molecule has 0 spiro atoms. The summed E-state index contributed by atoms with van der Waals surface area (Å²) in [6.07, 6.45) is 0. The average Bonchev–Trinajstić information content (AvgIpc) is 2.86. The van der Waals surface area contributed by atoms with Gasteiger partial charge in [0.15, 0.2) is 0 Å². The minimum atomic E-state index is 0.890. The van der Waals surface area contributed by atoms with Crippen LogP contribution in [0.5, 0.6) is 0 Å². The zero-order valence-electron chi connectivity index (χ0n) is 19.0. The van der Waals surface area contributed by atoms with Crippen LogP contribution in [-0.4, -0.2) is 13.1 Å². The van der Waals surface area contributed by atoms with Gasteiger partial charge >= 0.3 is 0 Å². The molecule has 1 aliphatic rings. The van der Waals surface area contributed by atoms with E-state index in [4.69, 9.17) is 0 Å². The van der Waals surface area contributed by atoms with Crippen molar-refractivity contribution >= 4 is 11.4 Å². The summed E-state index contributed by atoms with van der Waals surface area (Å²) < 4.78 is 0. The first kappa shape index (κ1) is 20.4. The quantitative estimate of drug-likeness (QED) is 0.335.